The van der Waals surface area contributed by atoms with Crippen LogP contribution in [0.15, 0.2) is 0 Å². The van der Waals surface area contributed by atoms with Crippen molar-refractivity contribution in [2.24, 2.45) is 0 Å². The fourth-order valence-corrected chi connectivity index (χ4v) is 5.62. The Bertz CT molecular complexity index is 115. The molecule has 0 fully saturated rings. The second-order valence-electron chi connectivity index (χ2n) is 3.93. The minimum Gasteiger partial charge on any atom is -0.297 e. The maximum absolute atomic E-state index is 12.5. The van der Waals surface area contributed by atoms with Crippen LogP contribution < -0.4 is 0 Å². The number of hydrogen-bond acceptors (Lipinski definition) is 0. The molecule has 2 heteroatoms. The summed E-state index contributed by atoms with van der Waals surface area (Å²) in [4.78, 5) is 12.5. The first-order chi connectivity index (χ1) is 5.52. The normalized spacial score (nSPS) is 21.5. The highest BCUT2D eigenvalue weighted by Crippen LogP contribution is 2.37. The lowest BCUT2D eigenvalue weighted by atomic mass is 10.3. The summed E-state index contributed by atoms with van der Waals surface area (Å²) < 4.78 is 0. The highest BCUT2D eigenvalue weighted by molar-refractivity contribution is 6.74. The van der Waals surface area contributed by atoms with Crippen LogP contribution in [0.4, 0.5) is 0 Å². The van der Waals surface area contributed by atoms with E-state index in [-0.39, 0.29) is 0 Å². The van der Waals surface area contributed by atoms with Crippen molar-refractivity contribution in [2.45, 2.75) is 64.6 Å². The van der Waals surface area contributed by atoms with Gasteiger partial charge in [-0.15, -0.1) is 0 Å². The third-order valence-electron chi connectivity index (χ3n) is 3.45. The molecule has 12 heavy (non-hydrogen) atoms. The van der Waals surface area contributed by atoms with Crippen molar-refractivity contribution >= 4 is 8.32 Å². The van der Waals surface area contributed by atoms with Gasteiger partial charge in [0.1, 0.15) is 0 Å². The lowest BCUT2D eigenvalue weighted by molar-refractivity contribution is 0.377. The van der Waals surface area contributed by atoms with Crippen LogP contribution in [0, 0.1) is 0 Å². The SMILES string of the molecule is CCC(C)[Si]([O])(CC)C(C)CC. The molecule has 0 bridgehead atoms. The van der Waals surface area contributed by atoms with Gasteiger partial charge in [0.15, 0.2) is 0 Å². The van der Waals surface area contributed by atoms with Crippen molar-refractivity contribution < 1.29 is 4.80 Å². The molecular weight excluding hydrogens is 164 g/mol. The average molecular weight is 187 g/mol. The van der Waals surface area contributed by atoms with E-state index in [1.807, 2.05) is 0 Å². The molecule has 0 aliphatic carbocycles. The summed E-state index contributed by atoms with van der Waals surface area (Å²) in [6.45, 7) is 10.7. The van der Waals surface area contributed by atoms with Crippen LogP contribution in [0.2, 0.25) is 17.1 Å². The Balaban J connectivity index is 4.42. The molecule has 0 amide bonds. The van der Waals surface area contributed by atoms with Crippen molar-refractivity contribution in [3.05, 3.63) is 0 Å². The lowest BCUT2D eigenvalue weighted by Gasteiger charge is -2.32. The van der Waals surface area contributed by atoms with Gasteiger partial charge in [0.25, 0.3) is 0 Å². The highest BCUT2D eigenvalue weighted by atomic mass is 28.4. The van der Waals surface area contributed by atoms with Crippen LogP contribution in [0.5, 0.6) is 0 Å². The van der Waals surface area contributed by atoms with Gasteiger partial charge in [0, 0.05) is 0 Å². The zero-order valence-corrected chi connectivity index (χ0v) is 10.2. The molecule has 0 N–H and O–H groups in total. The van der Waals surface area contributed by atoms with Gasteiger partial charge >= 0.3 is 0 Å². The molecule has 73 valence electrons. The second kappa shape index (κ2) is 5.03. The Kier molecular flexibility index (Phi) is 5.10. The fraction of sp³-hybridized carbons (Fsp3) is 1.00. The lowest BCUT2D eigenvalue weighted by Crippen LogP contribution is -2.40. The zero-order valence-electron chi connectivity index (χ0n) is 9.18. The monoisotopic (exact) mass is 187 g/mol. The molecular formula is C10H23OSi. The van der Waals surface area contributed by atoms with Gasteiger partial charge in [-0.1, -0.05) is 47.5 Å². The van der Waals surface area contributed by atoms with Crippen LogP contribution >= 0.6 is 0 Å². The van der Waals surface area contributed by atoms with Gasteiger partial charge in [-0.05, 0) is 17.1 Å². The first-order valence-electron chi connectivity index (χ1n) is 5.23. The summed E-state index contributed by atoms with van der Waals surface area (Å²) in [7, 11) is -2.18. The van der Waals surface area contributed by atoms with Gasteiger partial charge in [-0.25, -0.2) is 0 Å². The van der Waals surface area contributed by atoms with E-state index in [1.165, 1.54) is 0 Å². The van der Waals surface area contributed by atoms with Crippen LogP contribution in [0.3, 0.4) is 0 Å². The van der Waals surface area contributed by atoms with Gasteiger partial charge in [-0.2, -0.15) is 0 Å². The van der Waals surface area contributed by atoms with Crippen molar-refractivity contribution in [3.63, 3.8) is 0 Å². The minimum atomic E-state index is -2.18. The third-order valence-corrected chi connectivity index (χ3v) is 8.70. The molecule has 0 rings (SSSR count). The first kappa shape index (κ1) is 12.2. The molecule has 0 aromatic heterocycles. The highest BCUT2D eigenvalue weighted by Gasteiger charge is 2.41. The molecule has 0 aromatic carbocycles. The minimum absolute atomic E-state index is 0.442. The Morgan fingerprint density at radius 2 is 1.33 bits per heavy atom. The van der Waals surface area contributed by atoms with E-state index in [0.29, 0.717) is 11.1 Å². The smallest absolute Gasteiger partial charge is 0.242 e. The summed E-state index contributed by atoms with van der Waals surface area (Å²) in [5.74, 6) is 0. The number of hydrogen-bond donors (Lipinski definition) is 0. The Hall–Kier alpha value is 0.177. The van der Waals surface area contributed by atoms with E-state index in [9.17, 15) is 4.80 Å². The molecule has 2 atom stereocenters. The van der Waals surface area contributed by atoms with Crippen LogP contribution in [0.1, 0.15) is 47.5 Å². The Labute approximate surface area is 78.3 Å². The number of rotatable bonds is 5. The fourth-order valence-electron chi connectivity index (χ4n) is 1.87. The predicted octanol–water partition coefficient (Wildman–Crippen LogP) is 3.98. The Morgan fingerprint density at radius 1 is 1.00 bits per heavy atom. The maximum atomic E-state index is 12.5. The molecule has 2 unspecified atom stereocenters. The topological polar surface area (TPSA) is 19.9 Å². The van der Waals surface area contributed by atoms with Crippen molar-refractivity contribution in [3.8, 4) is 0 Å². The van der Waals surface area contributed by atoms with E-state index in [2.05, 4.69) is 34.6 Å². The summed E-state index contributed by atoms with van der Waals surface area (Å²) in [5, 5.41) is 0. The molecule has 1 radical (unpaired) electrons. The van der Waals surface area contributed by atoms with E-state index in [0.717, 1.165) is 18.9 Å². The average Bonchev–Trinajstić information content (AvgIpc) is 2.13. The molecule has 0 saturated heterocycles. The van der Waals surface area contributed by atoms with Gasteiger partial charge in [0.2, 0.25) is 8.32 Å². The maximum Gasteiger partial charge on any atom is 0.242 e. The molecule has 0 spiro atoms. The molecule has 0 aromatic rings. The molecule has 0 aliphatic rings. The van der Waals surface area contributed by atoms with E-state index in [1.54, 1.807) is 0 Å². The molecule has 0 heterocycles. The van der Waals surface area contributed by atoms with Crippen LogP contribution in [-0.4, -0.2) is 8.32 Å². The second-order valence-corrected chi connectivity index (χ2v) is 8.52. The molecule has 0 aliphatic heterocycles. The van der Waals surface area contributed by atoms with Crippen molar-refractivity contribution in [1.29, 1.82) is 0 Å². The predicted molar refractivity (Wildman–Crippen MR) is 56.4 cm³/mol. The quantitative estimate of drug-likeness (QED) is 0.580. The first-order valence-corrected chi connectivity index (χ1v) is 7.50. The van der Waals surface area contributed by atoms with Crippen LogP contribution in [-0.2, 0) is 4.80 Å². The summed E-state index contributed by atoms with van der Waals surface area (Å²) >= 11 is 0. The van der Waals surface area contributed by atoms with Crippen molar-refractivity contribution in [1.82, 2.24) is 0 Å². The van der Waals surface area contributed by atoms with Crippen LogP contribution in [0.25, 0.3) is 0 Å². The Morgan fingerprint density at radius 3 is 1.50 bits per heavy atom. The summed E-state index contributed by atoms with van der Waals surface area (Å²) in [6.07, 6.45) is 2.13. The van der Waals surface area contributed by atoms with E-state index < -0.39 is 8.32 Å². The van der Waals surface area contributed by atoms with Gasteiger partial charge in [-0.3, -0.25) is 4.80 Å². The zero-order chi connectivity index (χ0) is 9.78. The van der Waals surface area contributed by atoms with E-state index >= 15 is 0 Å². The van der Waals surface area contributed by atoms with E-state index in [4.69, 9.17) is 0 Å². The molecule has 1 nitrogen and oxygen atoms in total. The summed E-state index contributed by atoms with van der Waals surface area (Å²) in [6, 6.07) is 0.900. The molecule has 0 saturated carbocycles. The van der Waals surface area contributed by atoms with Gasteiger partial charge < -0.3 is 0 Å². The van der Waals surface area contributed by atoms with Gasteiger partial charge in [0.05, 0.1) is 0 Å². The summed E-state index contributed by atoms with van der Waals surface area (Å²) in [5.41, 5.74) is 0.884. The van der Waals surface area contributed by atoms with Crippen molar-refractivity contribution in [2.75, 3.05) is 0 Å². The standard InChI is InChI=1S/C10H23OSi/c1-6-9(4)12(11,8-3)10(5)7-2/h9-10H,6-8H2,1-5H3. The third kappa shape index (κ3) is 2.33. The largest absolute Gasteiger partial charge is 0.297 e.